The SMILES string of the molecule is CC(F)([CH-]n1ccc(=O)[nH]c1=S)[C@@H](O)[CH-]COP(=O)(O)OP(=O)(O)OP(=O)(O)O.CC(F)([CH-]n1ccc(=S)[nH]c1=O)[C@@H](O)[CH-]COP(=O)(O)OP(=O)(O)OP(=O)(O)O.CC(F)([CH-]n1ccc(=S)[nH]c1=S)[C@@H](O)[CH-]COP(=O)(O)OP(=O)(O)OP(=O)(O)O.CC(F)([CH-]n1ccc(N)nc1=S)[C@@H](O)[CH-]COP(=O)(O)OP(=O)(O)OP(=O)(O)O.[U+2].[U+2].[U+2].[U+2]. The van der Waals surface area contributed by atoms with Crippen LogP contribution in [-0.4, -0.2) is 210 Å². The number of aliphatic hydroxyl groups excluding tert-OH is 4. The van der Waals surface area contributed by atoms with E-state index >= 15 is 0 Å². The Bertz CT molecular complexity index is 4730. The summed E-state index contributed by atoms with van der Waals surface area (Å²) in [6, 6.07) is 5.03. The topological polar surface area (TPSA) is 860 Å². The van der Waals surface area contributed by atoms with Crippen LogP contribution in [0.15, 0.2) is 58.6 Å². The number of rotatable bonds is 44. The van der Waals surface area contributed by atoms with Crippen LogP contribution < -0.4 is 17.0 Å². The van der Waals surface area contributed by atoms with Gasteiger partial charge < -0.3 is 161 Å². The number of aromatic amines is 3. The molecule has 25 N–H and O–H groups in total. The van der Waals surface area contributed by atoms with Gasteiger partial charge in [0.1, 0.15) is 5.82 Å². The van der Waals surface area contributed by atoms with Gasteiger partial charge in [0.15, 0.2) is 0 Å². The van der Waals surface area contributed by atoms with Gasteiger partial charge in [0.05, 0.1) is 46.3 Å². The van der Waals surface area contributed by atoms with Crippen molar-refractivity contribution in [1.82, 2.24) is 38.2 Å². The first-order chi connectivity index (χ1) is 51.7. The molecule has 0 amide bonds. The number of halogens is 4. The summed E-state index contributed by atoms with van der Waals surface area (Å²) in [5.41, 5.74) is -6.01. The largest absolute Gasteiger partial charge is 2.00 e. The Kier molecular flexibility index (Phi) is 55.9. The third kappa shape index (κ3) is 55.9. The van der Waals surface area contributed by atoms with Crippen LogP contribution in [0.3, 0.4) is 0 Å². The number of hydrogen-bond acceptors (Lipinski definition) is 37. The molecule has 0 saturated heterocycles. The third-order valence-electron chi connectivity index (χ3n) is 11.2. The zero-order chi connectivity index (χ0) is 90.7. The molecule has 4 rings (SSSR count). The quantitative estimate of drug-likeness (QED) is 0.0129. The molecule has 80 heteroatoms. The Morgan fingerprint density at radius 1 is 0.383 bits per heavy atom. The van der Waals surface area contributed by atoms with Gasteiger partial charge in [0.25, 0.3) is 0 Å². The summed E-state index contributed by atoms with van der Waals surface area (Å²) >= 11 is 24.2. The van der Waals surface area contributed by atoms with Gasteiger partial charge in [-0.2, -0.15) is 34.5 Å². The zero-order valence-electron chi connectivity index (χ0n) is 59.2. The Hall–Kier alpha value is 1.71. The van der Waals surface area contributed by atoms with Crippen molar-refractivity contribution in [2.45, 2.75) is 74.8 Å². The predicted octanol–water partition coefficient (Wildman–Crippen LogP) is 3.87. The van der Waals surface area contributed by atoms with E-state index in [4.69, 9.17) is 126 Å². The van der Waals surface area contributed by atoms with Gasteiger partial charge in [-0.05, 0) is 58.2 Å². The predicted molar refractivity (Wildman–Crippen MR) is 387 cm³/mol. The van der Waals surface area contributed by atoms with Crippen molar-refractivity contribution < 1.29 is 348 Å². The Morgan fingerprint density at radius 2 is 0.617 bits per heavy atom. The molecule has 0 saturated carbocycles. The number of nitrogens with two attached hydrogens (primary N) is 1. The molecule has 4 heterocycles. The molecule has 0 aromatic carbocycles. The monoisotopic (exact) mass is 2970 g/mol. The summed E-state index contributed by atoms with van der Waals surface area (Å²) in [6.45, 7) is 2.83. The number of phosphoric ester groups is 4. The van der Waals surface area contributed by atoms with Crippen LogP contribution in [-0.2, 0) is 107 Å². The number of nitrogens with one attached hydrogen (secondary N) is 3. The summed E-state index contributed by atoms with van der Waals surface area (Å²) in [7, 11) is -66.5. The maximum Gasteiger partial charge on any atom is 2.00 e. The number of nitrogen functional groups attached to an aromatic ring is 1. The molecule has 0 bridgehead atoms. The van der Waals surface area contributed by atoms with Crippen molar-refractivity contribution in [2.24, 2.45) is 0 Å². The first-order valence-electron chi connectivity index (χ1n) is 28.4. The summed E-state index contributed by atoms with van der Waals surface area (Å²) in [5, 5.41) is 39.5. The van der Waals surface area contributed by atoms with Gasteiger partial charge in [0.2, 0.25) is 11.2 Å². The molecule has 0 aliphatic rings. The van der Waals surface area contributed by atoms with E-state index < -0.39 is 179 Å². The van der Waals surface area contributed by atoms with Crippen LogP contribution in [0.4, 0.5) is 23.4 Å². The van der Waals surface area contributed by atoms with E-state index in [1.807, 2.05) is 0 Å². The first kappa shape index (κ1) is 128. The minimum atomic E-state index is -5.70. The van der Waals surface area contributed by atoms with Crippen LogP contribution in [0.5, 0.6) is 0 Å². The fourth-order valence-electron chi connectivity index (χ4n) is 6.55. The molecule has 0 radical (unpaired) electrons. The molecule has 12 unspecified atom stereocenters. The van der Waals surface area contributed by atoms with E-state index in [0.717, 1.165) is 84.1 Å². The Labute approximate surface area is 790 Å². The number of nitrogens with zero attached hydrogens (tertiary/aromatic N) is 5. The number of aromatic nitrogens is 8. The van der Waals surface area contributed by atoms with Crippen molar-refractivity contribution in [2.75, 3.05) is 32.2 Å². The molecule has 680 valence electrons. The van der Waals surface area contributed by atoms with Gasteiger partial charge in [-0.3, -0.25) is 53.0 Å². The molecule has 55 nitrogen and oxygen atoms in total. The van der Waals surface area contributed by atoms with Crippen LogP contribution in [0.2, 0.25) is 0 Å². The molecule has 120 heavy (non-hydrogen) atoms. The van der Waals surface area contributed by atoms with E-state index in [1.165, 1.54) is 30.6 Å². The fraction of sp³-hybridized carbons (Fsp3) is 0.400. The van der Waals surface area contributed by atoms with E-state index in [1.54, 1.807) is 0 Å². The van der Waals surface area contributed by atoms with Crippen LogP contribution in [0.1, 0.15) is 27.7 Å². The first-order valence-corrected chi connectivity index (χ1v) is 48.5. The average molecular weight is 2970 g/mol. The second-order valence-electron chi connectivity index (χ2n) is 21.5. The van der Waals surface area contributed by atoms with Crippen LogP contribution in [0, 0.1) is 200 Å². The summed E-state index contributed by atoms with van der Waals surface area (Å²) in [5.74, 6) is 0.0864. The third-order valence-corrected chi connectivity index (χ3v) is 27.8. The molecule has 16 atom stereocenters. The molecular weight excluding hydrogens is 2900 g/mol. The van der Waals surface area contributed by atoms with Gasteiger partial charge in [-0.1, -0.05) is 120 Å². The second-order valence-corrected chi connectivity index (χ2v) is 41.2. The van der Waals surface area contributed by atoms with Crippen LogP contribution >= 0.6 is 155 Å². The van der Waals surface area contributed by atoms with Crippen molar-refractivity contribution in [3.8, 4) is 0 Å². The molecule has 0 aliphatic carbocycles. The summed E-state index contributed by atoms with van der Waals surface area (Å²) < 4.78 is 240. The minimum absolute atomic E-state index is 0. The van der Waals surface area contributed by atoms with Gasteiger partial charge in [-0.15, -0.1) is 36.7 Å². The normalized spacial score (nSPS) is 18.9. The number of anilines is 1. The molecule has 4 aromatic heterocycles. The van der Waals surface area contributed by atoms with E-state index in [2.05, 4.69) is 72.5 Å². The molecule has 0 spiro atoms. The van der Waals surface area contributed by atoms with Gasteiger partial charge in [0, 0.05) is 0 Å². The molecular formula is C40H65F4N9O46P12S5U4. The number of H-pyrrole nitrogens is 3. The number of alkyl halides is 4. The van der Waals surface area contributed by atoms with Crippen molar-refractivity contribution in [3.05, 3.63) is 145 Å². The smallest absolute Gasteiger partial charge is 0.459 e. The number of aliphatic hydroxyl groups is 4. The summed E-state index contributed by atoms with van der Waals surface area (Å²) in [4.78, 5) is 174. The van der Waals surface area contributed by atoms with Crippen LogP contribution in [0.25, 0.3) is 0 Å². The zero-order valence-corrected chi connectivity index (χ0v) is 90.6. The van der Waals surface area contributed by atoms with Gasteiger partial charge in [-0.25, -0.2) is 54.8 Å². The minimum Gasteiger partial charge on any atom is -0.459 e. The van der Waals surface area contributed by atoms with Crippen molar-refractivity contribution in [3.63, 3.8) is 0 Å². The van der Waals surface area contributed by atoms with E-state index in [9.17, 15) is 122 Å². The molecule has 0 fully saturated rings. The number of phosphoric acid groups is 12. The molecule has 4 aromatic rings. The second kappa shape index (κ2) is 52.4. The average Bonchev–Trinajstić information content (AvgIpc) is 0.843. The van der Waals surface area contributed by atoms with E-state index in [0.29, 0.717) is 36.9 Å². The maximum atomic E-state index is 14.7. The van der Waals surface area contributed by atoms with Crippen molar-refractivity contribution >= 4 is 161 Å². The molecule has 0 aliphatic heterocycles. The standard InChI is InChI=1S/C10H17FN3O11P3S.2C10H16FN2O12P3S.C10H16FN2O11P3S2.4U/c1-10(11,6-14-4-2-8(12)13-9(14)29)7(15)3-5-23-27(19,20)25-28(21,22)24-26(16,17)18;1-10(11,6-13-4-2-8(29)12-9(13)15)7(14)3-5-23-27(19,20)25-28(21,22)24-26(16,17)18;1-10(11,6-13-4-2-8(15)12-9(13)29)7(14)3-5-23-27(19,20)25-28(21,22)24-26(16,17)18;1-10(11,6-13-4-2-8(28)12-9(13)29)7(14)3-5-22-26(18,19)24-27(20,21)23-25(15,16)17;;;;/h2-4,6-7,15H,5H2,1H3,(H,19,20)(H,21,22)(H2,12,13,29)(H2,16,17,18);2*2-4,6-7,14H,5H2,1H3,(H,19,20)(H,21,22)(H,12,15,29)(H2,16,17,18);2-4,6-7,14H,5H2,1H3,(H,18,19)(H,20,21)(H,12,28,29)(H2,15,16,17);;;;/q4*-2;4*+2/t4*7-,10?;;;;/m0000..../s1. The van der Waals surface area contributed by atoms with Gasteiger partial charge >= 0.3 is 218 Å². The summed E-state index contributed by atoms with van der Waals surface area (Å²) in [6.07, 6.45) is -0.418. The van der Waals surface area contributed by atoms with E-state index in [-0.39, 0.29) is 149 Å². The van der Waals surface area contributed by atoms with Crippen molar-refractivity contribution in [1.29, 1.82) is 0 Å². The number of hydrogen-bond donors (Lipinski definition) is 24. The maximum absolute atomic E-state index is 14.7. The Morgan fingerprint density at radius 3 is 0.867 bits per heavy atom. The Balaban J connectivity index is -0.000000739. The fourth-order valence-corrected chi connectivity index (χ4v) is 19.5.